The number of carbonyl (C=O) groups excluding carboxylic acids is 2. The standard InChI is InChI=1S/C26H35Cl2N3O4S/c1-5-19(3)29-26(33)24(6-2)31(18-20-14-15-22(27)23(28)17-20)25(32)13-10-16-30(4)36(34,35)21-11-8-7-9-12-21/h7-9,11-12,14-15,17,19,24H,5-6,10,13,16,18H2,1-4H3,(H,29,33). The molecule has 2 aromatic rings. The van der Waals surface area contributed by atoms with Crippen molar-refractivity contribution >= 4 is 45.0 Å². The third-order valence-corrected chi connectivity index (χ3v) is 8.65. The van der Waals surface area contributed by atoms with E-state index in [1.54, 1.807) is 41.3 Å². The Morgan fingerprint density at radius 2 is 1.67 bits per heavy atom. The molecule has 7 nitrogen and oxygen atoms in total. The van der Waals surface area contributed by atoms with Gasteiger partial charge in [-0.3, -0.25) is 9.59 Å². The van der Waals surface area contributed by atoms with Crippen LogP contribution in [0.1, 0.15) is 52.0 Å². The molecule has 0 aliphatic carbocycles. The van der Waals surface area contributed by atoms with Gasteiger partial charge in [-0.2, -0.15) is 0 Å². The van der Waals surface area contributed by atoms with E-state index in [-0.39, 0.29) is 42.3 Å². The highest BCUT2D eigenvalue weighted by atomic mass is 35.5. The molecule has 0 aliphatic heterocycles. The molecule has 0 spiro atoms. The number of benzene rings is 2. The Kier molecular flexibility index (Phi) is 11.7. The van der Waals surface area contributed by atoms with Crippen molar-refractivity contribution in [3.05, 3.63) is 64.1 Å². The lowest BCUT2D eigenvalue weighted by Crippen LogP contribution is -2.50. The van der Waals surface area contributed by atoms with Crippen molar-refractivity contribution in [2.45, 2.75) is 70.0 Å². The average Bonchev–Trinajstić information content (AvgIpc) is 2.86. The normalized spacial score (nSPS) is 13.3. The molecular weight excluding hydrogens is 521 g/mol. The zero-order chi connectivity index (χ0) is 26.9. The highest BCUT2D eigenvalue weighted by Gasteiger charge is 2.29. The molecule has 0 radical (unpaired) electrons. The molecule has 1 N–H and O–H groups in total. The molecule has 2 atom stereocenters. The van der Waals surface area contributed by atoms with Gasteiger partial charge in [-0.25, -0.2) is 12.7 Å². The minimum Gasteiger partial charge on any atom is -0.352 e. The fourth-order valence-electron chi connectivity index (χ4n) is 3.68. The smallest absolute Gasteiger partial charge is 0.243 e. The predicted molar refractivity (Wildman–Crippen MR) is 144 cm³/mol. The van der Waals surface area contributed by atoms with E-state index >= 15 is 0 Å². The molecule has 2 rings (SSSR count). The highest BCUT2D eigenvalue weighted by molar-refractivity contribution is 7.89. The maximum Gasteiger partial charge on any atom is 0.243 e. The van der Waals surface area contributed by atoms with Crippen LogP contribution < -0.4 is 5.32 Å². The van der Waals surface area contributed by atoms with Gasteiger partial charge in [-0.05, 0) is 56.0 Å². The molecule has 0 fully saturated rings. The molecule has 0 saturated carbocycles. The Balaban J connectivity index is 2.17. The Bertz CT molecular complexity index is 1130. The fourth-order valence-corrected chi connectivity index (χ4v) is 5.24. The minimum absolute atomic E-state index is 0.0229. The molecule has 2 aromatic carbocycles. The summed E-state index contributed by atoms with van der Waals surface area (Å²) in [6, 6.07) is 12.6. The summed E-state index contributed by atoms with van der Waals surface area (Å²) in [5.41, 5.74) is 0.747. The molecule has 36 heavy (non-hydrogen) atoms. The van der Waals surface area contributed by atoms with Gasteiger partial charge in [0.1, 0.15) is 6.04 Å². The van der Waals surface area contributed by atoms with Crippen molar-refractivity contribution in [1.82, 2.24) is 14.5 Å². The van der Waals surface area contributed by atoms with E-state index in [1.165, 1.54) is 23.5 Å². The Morgan fingerprint density at radius 3 is 2.25 bits per heavy atom. The van der Waals surface area contributed by atoms with E-state index in [2.05, 4.69) is 5.32 Å². The molecule has 0 saturated heterocycles. The minimum atomic E-state index is -3.65. The van der Waals surface area contributed by atoms with Crippen LogP contribution in [0.2, 0.25) is 10.0 Å². The van der Waals surface area contributed by atoms with Gasteiger partial charge in [-0.15, -0.1) is 0 Å². The van der Waals surface area contributed by atoms with Crippen LogP contribution in [0.15, 0.2) is 53.4 Å². The van der Waals surface area contributed by atoms with Crippen LogP contribution in [0.4, 0.5) is 0 Å². The van der Waals surface area contributed by atoms with Gasteiger partial charge in [0.25, 0.3) is 0 Å². The van der Waals surface area contributed by atoms with E-state index < -0.39 is 16.1 Å². The monoisotopic (exact) mass is 555 g/mol. The Labute approximate surface area is 224 Å². The summed E-state index contributed by atoms with van der Waals surface area (Å²) in [5.74, 6) is -0.457. The quantitative estimate of drug-likeness (QED) is 0.371. The van der Waals surface area contributed by atoms with Gasteiger partial charge >= 0.3 is 0 Å². The number of carbonyl (C=O) groups is 2. The Hall–Kier alpha value is -2.13. The van der Waals surface area contributed by atoms with Crippen LogP contribution in [0.25, 0.3) is 0 Å². The zero-order valence-electron chi connectivity index (χ0n) is 21.2. The van der Waals surface area contributed by atoms with Crippen molar-refractivity contribution in [2.75, 3.05) is 13.6 Å². The van der Waals surface area contributed by atoms with Gasteiger partial charge in [-0.1, -0.05) is 61.3 Å². The van der Waals surface area contributed by atoms with Crippen LogP contribution >= 0.6 is 23.2 Å². The molecule has 0 aromatic heterocycles. The summed E-state index contributed by atoms with van der Waals surface area (Å²) < 4.78 is 26.8. The van der Waals surface area contributed by atoms with Gasteiger partial charge in [0.15, 0.2) is 0 Å². The van der Waals surface area contributed by atoms with Crippen molar-refractivity contribution < 1.29 is 18.0 Å². The lowest BCUT2D eigenvalue weighted by Gasteiger charge is -2.32. The van der Waals surface area contributed by atoms with Crippen LogP contribution in [0.3, 0.4) is 0 Å². The first-order chi connectivity index (χ1) is 17.0. The molecule has 0 aliphatic rings. The largest absolute Gasteiger partial charge is 0.352 e. The van der Waals surface area contributed by atoms with Crippen LogP contribution in [-0.2, 0) is 26.2 Å². The van der Waals surface area contributed by atoms with Crippen molar-refractivity contribution in [3.63, 3.8) is 0 Å². The first-order valence-electron chi connectivity index (χ1n) is 12.1. The van der Waals surface area contributed by atoms with Crippen molar-refractivity contribution in [2.24, 2.45) is 0 Å². The Morgan fingerprint density at radius 1 is 1.00 bits per heavy atom. The lowest BCUT2D eigenvalue weighted by molar-refractivity contribution is -0.141. The number of rotatable bonds is 13. The first-order valence-corrected chi connectivity index (χ1v) is 14.3. The van der Waals surface area contributed by atoms with E-state index in [0.29, 0.717) is 22.9 Å². The van der Waals surface area contributed by atoms with Crippen LogP contribution in [0, 0.1) is 0 Å². The number of hydrogen-bond acceptors (Lipinski definition) is 4. The van der Waals surface area contributed by atoms with E-state index in [0.717, 1.165) is 12.0 Å². The summed E-state index contributed by atoms with van der Waals surface area (Å²) in [6.45, 7) is 6.10. The van der Waals surface area contributed by atoms with E-state index in [1.807, 2.05) is 20.8 Å². The van der Waals surface area contributed by atoms with Gasteiger partial charge in [0, 0.05) is 32.6 Å². The summed E-state index contributed by atoms with van der Waals surface area (Å²) >= 11 is 12.2. The number of sulfonamides is 1. The van der Waals surface area contributed by atoms with Gasteiger partial charge in [0.2, 0.25) is 21.8 Å². The maximum absolute atomic E-state index is 13.4. The number of amides is 2. The second kappa shape index (κ2) is 14.0. The summed E-state index contributed by atoms with van der Waals surface area (Å²) in [6.07, 6.45) is 1.59. The summed E-state index contributed by atoms with van der Waals surface area (Å²) in [7, 11) is -2.15. The van der Waals surface area contributed by atoms with Crippen molar-refractivity contribution in [1.29, 1.82) is 0 Å². The molecule has 2 amide bonds. The molecule has 2 unspecified atom stereocenters. The van der Waals surface area contributed by atoms with Gasteiger partial charge < -0.3 is 10.2 Å². The molecule has 0 heterocycles. The van der Waals surface area contributed by atoms with Gasteiger partial charge in [0.05, 0.1) is 14.9 Å². The van der Waals surface area contributed by atoms with Crippen LogP contribution in [-0.4, -0.2) is 55.1 Å². The lowest BCUT2D eigenvalue weighted by atomic mass is 10.1. The van der Waals surface area contributed by atoms with Crippen molar-refractivity contribution in [3.8, 4) is 0 Å². The number of halogens is 2. The number of nitrogens with one attached hydrogen (secondary N) is 1. The third kappa shape index (κ3) is 8.20. The topological polar surface area (TPSA) is 86.8 Å². The molecule has 10 heteroatoms. The number of hydrogen-bond donors (Lipinski definition) is 1. The van der Waals surface area contributed by atoms with Crippen LogP contribution in [0.5, 0.6) is 0 Å². The highest BCUT2D eigenvalue weighted by Crippen LogP contribution is 2.24. The predicted octanol–water partition coefficient (Wildman–Crippen LogP) is 5.12. The number of nitrogens with zero attached hydrogens (tertiary/aromatic N) is 2. The zero-order valence-corrected chi connectivity index (χ0v) is 23.5. The van der Waals surface area contributed by atoms with E-state index in [9.17, 15) is 18.0 Å². The summed E-state index contributed by atoms with van der Waals surface area (Å²) in [5, 5.41) is 3.74. The maximum atomic E-state index is 13.4. The van der Waals surface area contributed by atoms with E-state index in [4.69, 9.17) is 23.2 Å². The summed E-state index contributed by atoms with van der Waals surface area (Å²) in [4.78, 5) is 28.2. The average molecular weight is 557 g/mol. The SMILES string of the molecule is CCC(C)NC(=O)C(CC)N(Cc1ccc(Cl)c(Cl)c1)C(=O)CCCN(C)S(=O)(=O)c1ccccc1. The molecule has 0 bridgehead atoms. The first kappa shape index (κ1) is 30.1. The third-order valence-electron chi connectivity index (χ3n) is 6.04. The molecular formula is C26H35Cl2N3O4S. The fraction of sp³-hybridized carbons (Fsp3) is 0.462. The second-order valence-electron chi connectivity index (χ2n) is 8.76. The molecule has 198 valence electrons. The second-order valence-corrected chi connectivity index (χ2v) is 11.6.